The molecule has 6 nitrogen and oxygen atoms in total. The molecule has 24 heavy (non-hydrogen) atoms. The third kappa shape index (κ3) is 3.35. The largest absolute Gasteiger partial charge is 0.493 e. The van der Waals surface area contributed by atoms with Crippen LogP contribution >= 0.6 is 11.3 Å². The van der Waals surface area contributed by atoms with E-state index in [0.717, 1.165) is 10.2 Å². The van der Waals surface area contributed by atoms with E-state index in [1.165, 1.54) is 37.7 Å². The maximum Gasteiger partial charge on any atom is 0.241 e. The SMILES string of the molecule is COc1ccc(S(=O)(=O)NCc2nc3ccccc3s2)cc1OC. The summed E-state index contributed by atoms with van der Waals surface area (Å²) in [5, 5.41) is 0.709. The van der Waals surface area contributed by atoms with Crippen molar-refractivity contribution in [3.63, 3.8) is 0 Å². The van der Waals surface area contributed by atoms with Gasteiger partial charge in [0.25, 0.3) is 0 Å². The Hall–Kier alpha value is -2.16. The first-order chi connectivity index (χ1) is 11.5. The molecule has 0 radical (unpaired) electrons. The summed E-state index contributed by atoms with van der Waals surface area (Å²) in [5.74, 6) is 0.836. The highest BCUT2D eigenvalue weighted by molar-refractivity contribution is 7.89. The molecule has 8 heteroatoms. The quantitative estimate of drug-likeness (QED) is 0.728. The average Bonchev–Trinajstić information content (AvgIpc) is 3.02. The van der Waals surface area contributed by atoms with E-state index in [0.29, 0.717) is 16.5 Å². The molecule has 1 N–H and O–H groups in total. The van der Waals surface area contributed by atoms with E-state index >= 15 is 0 Å². The van der Waals surface area contributed by atoms with Crippen LogP contribution in [0.15, 0.2) is 47.4 Å². The topological polar surface area (TPSA) is 77.5 Å². The van der Waals surface area contributed by atoms with Gasteiger partial charge in [-0.05, 0) is 24.3 Å². The van der Waals surface area contributed by atoms with Crippen LogP contribution in [0.3, 0.4) is 0 Å². The van der Waals surface area contributed by atoms with E-state index in [1.54, 1.807) is 6.07 Å². The van der Waals surface area contributed by atoms with Crippen LogP contribution in [0.25, 0.3) is 10.2 Å². The van der Waals surface area contributed by atoms with Crippen LogP contribution in [0, 0.1) is 0 Å². The van der Waals surface area contributed by atoms with Gasteiger partial charge in [-0.15, -0.1) is 11.3 Å². The molecule has 3 aromatic rings. The predicted octanol–water partition coefficient (Wildman–Crippen LogP) is 2.79. The summed E-state index contributed by atoms with van der Waals surface area (Å²) < 4.78 is 38.8. The summed E-state index contributed by atoms with van der Waals surface area (Å²) in [7, 11) is -0.714. The minimum atomic E-state index is -3.67. The molecule has 126 valence electrons. The number of rotatable bonds is 6. The van der Waals surface area contributed by atoms with E-state index in [9.17, 15) is 8.42 Å². The van der Waals surface area contributed by atoms with Crippen molar-refractivity contribution in [1.82, 2.24) is 9.71 Å². The fraction of sp³-hybridized carbons (Fsp3) is 0.188. The first-order valence-corrected chi connectivity index (χ1v) is 9.39. The Bertz CT molecular complexity index is 934. The highest BCUT2D eigenvalue weighted by Crippen LogP contribution is 2.29. The number of fused-ring (bicyclic) bond motifs is 1. The van der Waals surface area contributed by atoms with Crippen molar-refractivity contribution in [2.24, 2.45) is 0 Å². The number of thiazole rings is 1. The second kappa shape index (κ2) is 6.76. The van der Waals surface area contributed by atoms with Crippen LogP contribution in [0.5, 0.6) is 11.5 Å². The van der Waals surface area contributed by atoms with Gasteiger partial charge in [-0.25, -0.2) is 18.1 Å². The van der Waals surface area contributed by atoms with Crippen molar-refractivity contribution in [2.45, 2.75) is 11.4 Å². The van der Waals surface area contributed by atoms with Crippen LogP contribution in [0.4, 0.5) is 0 Å². The number of ether oxygens (including phenoxy) is 2. The molecule has 3 rings (SSSR count). The lowest BCUT2D eigenvalue weighted by molar-refractivity contribution is 0.354. The first kappa shape index (κ1) is 16.7. The molecule has 2 aromatic carbocycles. The van der Waals surface area contributed by atoms with Gasteiger partial charge in [-0.1, -0.05) is 12.1 Å². The number of methoxy groups -OCH3 is 2. The normalized spacial score (nSPS) is 11.6. The van der Waals surface area contributed by atoms with Crippen molar-refractivity contribution in [3.8, 4) is 11.5 Å². The van der Waals surface area contributed by atoms with Crippen molar-refractivity contribution < 1.29 is 17.9 Å². The molecule has 0 bridgehead atoms. The Morgan fingerprint density at radius 3 is 2.54 bits per heavy atom. The van der Waals surface area contributed by atoms with Gasteiger partial charge in [0.05, 0.1) is 35.9 Å². The standard InChI is InChI=1S/C16H16N2O4S2/c1-21-13-8-7-11(9-14(13)22-2)24(19,20)17-10-16-18-12-5-3-4-6-15(12)23-16/h3-9,17H,10H2,1-2H3. The van der Waals surface area contributed by atoms with Gasteiger partial charge < -0.3 is 9.47 Å². The number of nitrogens with one attached hydrogen (secondary N) is 1. The zero-order chi connectivity index (χ0) is 17.2. The van der Waals surface area contributed by atoms with Crippen molar-refractivity contribution in [1.29, 1.82) is 0 Å². The number of sulfonamides is 1. The molecule has 1 heterocycles. The van der Waals surface area contributed by atoms with Gasteiger partial charge in [0.15, 0.2) is 11.5 Å². The summed E-state index contributed by atoms with van der Waals surface area (Å²) in [4.78, 5) is 4.53. The van der Waals surface area contributed by atoms with Crippen molar-refractivity contribution >= 4 is 31.6 Å². The number of hydrogen-bond acceptors (Lipinski definition) is 6. The minimum Gasteiger partial charge on any atom is -0.493 e. The van der Waals surface area contributed by atoms with Crippen LogP contribution in [0.2, 0.25) is 0 Å². The zero-order valence-electron chi connectivity index (χ0n) is 13.1. The van der Waals surface area contributed by atoms with Gasteiger partial charge in [0, 0.05) is 6.07 Å². The average molecular weight is 364 g/mol. The predicted molar refractivity (Wildman–Crippen MR) is 93.2 cm³/mol. The fourth-order valence-electron chi connectivity index (χ4n) is 2.22. The summed E-state index contributed by atoms with van der Waals surface area (Å²) in [5.41, 5.74) is 0.864. The van der Waals surface area contributed by atoms with Crippen molar-refractivity contribution in [3.05, 3.63) is 47.5 Å². The molecule has 0 saturated carbocycles. The van der Waals surface area contributed by atoms with E-state index < -0.39 is 10.0 Å². The van der Waals surface area contributed by atoms with Crippen LogP contribution < -0.4 is 14.2 Å². The molecule has 0 aliphatic rings. The monoisotopic (exact) mass is 364 g/mol. The highest BCUT2D eigenvalue weighted by atomic mass is 32.2. The molecule has 0 spiro atoms. The number of nitrogens with zero attached hydrogens (tertiary/aromatic N) is 1. The van der Waals surface area contributed by atoms with Crippen LogP contribution in [-0.2, 0) is 16.6 Å². The highest BCUT2D eigenvalue weighted by Gasteiger charge is 2.17. The zero-order valence-corrected chi connectivity index (χ0v) is 14.8. The second-order valence-corrected chi connectivity index (χ2v) is 7.80. The Morgan fingerprint density at radius 2 is 1.83 bits per heavy atom. The molecule has 0 saturated heterocycles. The Morgan fingerprint density at radius 1 is 1.08 bits per heavy atom. The van der Waals surface area contributed by atoms with Gasteiger partial charge in [-0.2, -0.15) is 0 Å². The maximum atomic E-state index is 12.5. The molecule has 0 atom stereocenters. The Kier molecular flexibility index (Phi) is 4.70. The minimum absolute atomic E-state index is 0.112. The third-order valence-corrected chi connectivity index (χ3v) is 5.85. The Labute approximate surface area is 144 Å². The van der Waals surface area contributed by atoms with Crippen LogP contribution in [0.1, 0.15) is 5.01 Å². The van der Waals surface area contributed by atoms with Gasteiger partial charge in [0.2, 0.25) is 10.0 Å². The van der Waals surface area contributed by atoms with Gasteiger partial charge >= 0.3 is 0 Å². The summed E-state index contributed by atoms with van der Waals surface area (Å²) >= 11 is 1.46. The molecule has 1 aromatic heterocycles. The molecular weight excluding hydrogens is 348 g/mol. The number of para-hydroxylation sites is 1. The summed E-state index contributed by atoms with van der Waals surface area (Å²) in [6.45, 7) is 0.135. The number of aromatic nitrogens is 1. The van der Waals surface area contributed by atoms with E-state index in [1.807, 2.05) is 24.3 Å². The van der Waals surface area contributed by atoms with E-state index in [-0.39, 0.29) is 11.4 Å². The fourth-order valence-corrected chi connectivity index (χ4v) is 4.22. The van der Waals surface area contributed by atoms with Gasteiger partial charge in [0.1, 0.15) is 5.01 Å². The lowest BCUT2D eigenvalue weighted by atomic mass is 10.3. The second-order valence-electron chi connectivity index (χ2n) is 4.92. The summed E-state index contributed by atoms with van der Waals surface area (Å²) in [6.07, 6.45) is 0. The Balaban J connectivity index is 1.80. The maximum absolute atomic E-state index is 12.5. The number of hydrogen-bond donors (Lipinski definition) is 1. The van der Waals surface area contributed by atoms with E-state index in [4.69, 9.17) is 9.47 Å². The van der Waals surface area contributed by atoms with Gasteiger partial charge in [-0.3, -0.25) is 0 Å². The lowest BCUT2D eigenvalue weighted by Crippen LogP contribution is -2.23. The third-order valence-electron chi connectivity index (χ3n) is 3.42. The molecule has 0 unspecified atom stereocenters. The molecule has 0 amide bonds. The van der Waals surface area contributed by atoms with Crippen molar-refractivity contribution in [2.75, 3.05) is 14.2 Å². The molecular formula is C16H16N2O4S2. The first-order valence-electron chi connectivity index (χ1n) is 7.09. The molecule has 0 aliphatic heterocycles. The summed E-state index contributed by atoms with van der Waals surface area (Å²) in [6, 6.07) is 12.2. The lowest BCUT2D eigenvalue weighted by Gasteiger charge is -2.10. The molecule has 0 aliphatic carbocycles. The molecule has 0 fully saturated rings. The number of benzene rings is 2. The smallest absolute Gasteiger partial charge is 0.241 e. The van der Waals surface area contributed by atoms with E-state index in [2.05, 4.69) is 9.71 Å². The van der Waals surface area contributed by atoms with Crippen LogP contribution in [-0.4, -0.2) is 27.6 Å².